The SMILES string of the molecule is CN(C)C(=O)CN=C(NCCN1CCOCC1)NC1CCC(c2ccccc2)CC1.I. The normalized spacial score (nSPS) is 22.3. The first-order valence-electron chi connectivity index (χ1n) is 11.2. The van der Waals surface area contributed by atoms with E-state index in [0.29, 0.717) is 12.0 Å². The van der Waals surface area contributed by atoms with Crippen LogP contribution in [0.1, 0.15) is 37.2 Å². The van der Waals surface area contributed by atoms with Crippen molar-refractivity contribution in [1.29, 1.82) is 0 Å². The molecule has 1 aromatic carbocycles. The number of aliphatic imine (C=N–C) groups is 1. The van der Waals surface area contributed by atoms with Crippen molar-refractivity contribution in [2.24, 2.45) is 4.99 Å². The van der Waals surface area contributed by atoms with Crippen LogP contribution in [0.4, 0.5) is 0 Å². The van der Waals surface area contributed by atoms with Gasteiger partial charge in [0.1, 0.15) is 6.54 Å². The van der Waals surface area contributed by atoms with E-state index >= 15 is 0 Å². The Balaban J connectivity index is 0.00000341. The van der Waals surface area contributed by atoms with Gasteiger partial charge in [-0.3, -0.25) is 9.69 Å². The van der Waals surface area contributed by atoms with Crippen molar-refractivity contribution in [3.8, 4) is 0 Å². The van der Waals surface area contributed by atoms with Gasteiger partial charge in [-0.1, -0.05) is 30.3 Å². The first-order valence-corrected chi connectivity index (χ1v) is 11.2. The van der Waals surface area contributed by atoms with Gasteiger partial charge in [-0.15, -0.1) is 24.0 Å². The summed E-state index contributed by atoms with van der Waals surface area (Å²) < 4.78 is 5.42. The third-order valence-electron chi connectivity index (χ3n) is 6.03. The van der Waals surface area contributed by atoms with E-state index in [-0.39, 0.29) is 36.4 Å². The van der Waals surface area contributed by atoms with Crippen LogP contribution in [0, 0.1) is 0 Å². The molecule has 1 saturated carbocycles. The number of halogens is 1. The van der Waals surface area contributed by atoms with Crippen LogP contribution in [0.25, 0.3) is 0 Å². The van der Waals surface area contributed by atoms with Gasteiger partial charge in [0.15, 0.2) is 5.96 Å². The number of likely N-dealkylation sites (N-methyl/N-ethyl adjacent to an activating group) is 1. The van der Waals surface area contributed by atoms with Crippen molar-refractivity contribution >= 4 is 35.8 Å². The van der Waals surface area contributed by atoms with Crippen LogP contribution in [0.3, 0.4) is 0 Å². The Morgan fingerprint density at radius 1 is 1.13 bits per heavy atom. The minimum Gasteiger partial charge on any atom is -0.379 e. The molecule has 1 aliphatic carbocycles. The van der Waals surface area contributed by atoms with Crippen molar-refractivity contribution < 1.29 is 9.53 Å². The fourth-order valence-electron chi connectivity index (χ4n) is 4.09. The summed E-state index contributed by atoms with van der Waals surface area (Å²) in [6.07, 6.45) is 4.59. The average Bonchev–Trinajstić information content (AvgIpc) is 2.79. The molecule has 1 aliphatic heterocycles. The Kier molecular flexibility index (Phi) is 11.6. The van der Waals surface area contributed by atoms with E-state index in [2.05, 4.69) is 50.9 Å². The molecule has 8 heteroatoms. The van der Waals surface area contributed by atoms with Crippen molar-refractivity contribution in [2.75, 3.05) is 60.0 Å². The average molecular weight is 543 g/mol. The van der Waals surface area contributed by atoms with Gasteiger partial charge >= 0.3 is 0 Å². The predicted molar refractivity (Wildman–Crippen MR) is 136 cm³/mol. The summed E-state index contributed by atoms with van der Waals surface area (Å²) in [5, 5.41) is 7.02. The Labute approximate surface area is 204 Å². The summed E-state index contributed by atoms with van der Waals surface area (Å²) in [6.45, 7) is 5.49. The second-order valence-electron chi connectivity index (χ2n) is 8.44. The fraction of sp³-hybridized carbons (Fsp3) is 0.652. The Hall–Kier alpha value is -1.39. The molecule has 1 heterocycles. The number of benzene rings is 1. The zero-order valence-electron chi connectivity index (χ0n) is 18.9. The molecule has 0 bridgehead atoms. The Morgan fingerprint density at radius 2 is 1.81 bits per heavy atom. The minimum atomic E-state index is 0. The van der Waals surface area contributed by atoms with Crippen LogP contribution in [0.15, 0.2) is 35.3 Å². The van der Waals surface area contributed by atoms with Crippen LogP contribution < -0.4 is 10.6 Å². The molecule has 31 heavy (non-hydrogen) atoms. The highest BCUT2D eigenvalue weighted by Crippen LogP contribution is 2.32. The number of guanidine groups is 1. The minimum absolute atomic E-state index is 0. The third kappa shape index (κ3) is 8.94. The molecular formula is C23H38IN5O2. The number of nitrogens with zero attached hydrogens (tertiary/aromatic N) is 3. The zero-order chi connectivity index (χ0) is 21.2. The molecular weight excluding hydrogens is 505 g/mol. The smallest absolute Gasteiger partial charge is 0.243 e. The lowest BCUT2D eigenvalue weighted by atomic mass is 9.82. The number of hydrogen-bond donors (Lipinski definition) is 2. The number of amides is 1. The quantitative estimate of drug-likeness (QED) is 0.314. The fourth-order valence-corrected chi connectivity index (χ4v) is 4.09. The van der Waals surface area contributed by atoms with Crippen molar-refractivity contribution in [2.45, 2.75) is 37.6 Å². The molecule has 1 amide bonds. The number of carbonyl (C=O) groups is 1. The molecule has 1 saturated heterocycles. The molecule has 2 fully saturated rings. The number of nitrogens with one attached hydrogen (secondary N) is 2. The number of hydrogen-bond acceptors (Lipinski definition) is 4. The number of morpholine rings is 1. The van der Waals surface area contributed by atoms with Crippen molar-refractivity contribution in [3.63, 3.8) is 0 Å². The largest absolute Gasteiger partial charge is 0.379 e. The van der Waals surface area contributed by atoms with Gasteiger partial charge in [0.25, 0.3) is 0 Å². The highest BCUT2D eigenvalue weighted by Gasteiger charge is 2.23. The maximum absolute atomic E-state index is 12.0. The number of ether oxygens (including phenoxy) is 1. The van der Waals surface area contributed by atoms with E-state index in [1.807, 2.05) is 0 Å². The topological polar surface area (TPSA) is 69.2 Å². The summed E-state index contributed by atoms with van der Waals surface area (Å²) in [5.74, 6) is 1.41. The molecule has 0 spiro atoms. The number of rotatable bonds is 7. The molecule has 7 nitrogen and oxygen atoms in total. The maximum atomic E-state index is 12.0. The standard InChI is InChI=1S/C23H37N5O2.HI/c1-27(2)22(29)18-25-23(24-12-13-28-14-16-30-17-15-28)26-21-10-8-20(9-11-21)19-6-4-3-5-7-19;/h3-7,20-21H,8-18H2,1-2H3,(H2,24,25,26);1H. The monoisotopic (exact) mass is 543 g/mol. The number of carbonyl (C=O) groups excluding carboxylic acids is 1. The van der Waals surface area contributed by atoms with Gasteiger partial charge in [-0.2, -0.15) is 0 Å². The highest BCUT2D eigenvalue weighted by molar-refractivity contribution is 14.0. The van der Waals surface area contributed by atoms with Gasteiger partial charge < -0.3 is 20.3 Å². The van der Waals surface area contributed by atoms with E-state index in [9.17, 15) is 4.79 Å². The van der Waals surface area contributed by atoms with E-state index in [1.165, 1.54) is 18.4 Å². The molecule has 0 radical (unpaired) electrons. The van der Waals surface area contributed by atoms with Crippen LogP contribution in [-0.2, 0) is 9.53 Å². The van der Waals surface area contributed by atoms with Crippen LogP contribution in [-0.4, -0.2) is 87.7 Å². The van der Waals surface area contributed by atoms with Gasteiger partial charge in [-0.05, 0) is 37.2 Å². The van der Waals surface area contributed by atoms with Crippen LogP contribution >= 0.6 is 24.0 Å². The van der Waals surface area contributed by atoms with Crippen molar-refractivity contribution in [1.82, 2.24) is 20.4 Å². The van der Waals surface area contributed by atoms with E-state index < -0.39 is 0 Å². The van der Waals surface area contributed by atoms with Gasteiger partial charge in [0, 0.05) is 46.3 Å². The second-order valence-corrected chi connectivity index (χ2v) is 8.44. The van der Waals surface area contributed by atoms with Gasteiger partial charge in [-0.25, -0.2) is 4.99 Å². The predicted octanol–water partition coefficient (Wildman–Crippen LogP) is 2.29. The van der Waals surface area contributed by atoms with E-state index in [1.54, 1.807) is 19.0 Å². The summed E-state index contributed by atoms with van der Waals surface area (Å²) in [6, 6.07) is 11.2. The summed E-state index contributed by atoms with van der Waals surface area (Å²) in [4.78, 5) is 20.5. The lowest BCUT2D eigenvalue weighted by Gasteiger charge is -2.31. The second kappa shape index (κ2) is 13.9. The van der Waals surface area contributed by atoms with Crippen LogP contribution in [0.5, 0.6) is 0 Å². The first kappa shape index (κ1) is 25.9. The van der Waals surface area contributed by atoms with E-state index in [4.69, 9.17) is 4.74 Å². The lowest BCUT2D eigenvalue weighted by molar-refractivity contribution is -0.127. The summed E-state index contributed by atoms with van der Waals surface area (Å²) in [5.41, 5.74) is 1.45. The van der Waals surface area contributed by atoms with Gasteiger partial charge in [0.05, 0.1) is 13.2 Å². The Bertz CT molecular complexity index is 672. The maximum Gasteiger partial charge on any atom is 0.243 e. The molecule has 2 N–H and O–H groups in total. The molecule has 2 aliphatic rings. The summed E-state index contributed by atoms with van der Waals surface area (Å²) >= 11 is 0. The molecule has 0 unspecified atom stereocenters. The lowest BCUT2D eigenvalue weighted by Crippen LogP contribution is -2.48. The third-order valence-corrected chi connectivity index (χ3v) is 6.03. The van der Waals surface area contributed by atoms with Crippen molar-refractivity contribution in [3.05, 3.63) is 35.9 Å². The molecule has 1 aromatic rings. The van der Waals surface area contributed by atoms with Crippen LogP contribution in [0.2, 0.25) is 0 Å². The molecule has 174 valence electrons. The highest BCUT2D eigenvalue weighted by atomic mass is 127. The molecule has 0 aromatic heterocycles. The first-order chi connectivity index (χ1) is 14.6. The Morgan fingerprint density at radius 3 is 2.45 bits per heavy atom. The molecule has 0 atom stereocenters. The molecule has 3 rings (SSSR count). The summed E-state index contributed by atoms with van der Waals surface area (Å²) in [7, 11) is 3.53. The van der Waals surface area contributed by atoms with E-state index in [0.717, 1.165) is 58.2 Å². The van der Waals surface area contributed by atoms with Gasteiger partial charge in [0.2, 0.25) is 5.91 Å². The zero-order valence-corrected chi connectivity index (χ0v) is 21.2.